The molecule has 120 valence electrons. The third-order valence-corrected chi connectivity index (χ3v) is 12.5. The van der Waals surface area contributed by atoms with Gasteiger partial charge in [0.25, 0.3) is 0 Å². The fourth-order valence-electron chi connectivity index (χ4n) is 2.10. The molecule has 0 saturated carbocycles. The van der Waals surface area contributed by atoms with E-state index in [1.54, 1.807) is 0 Å². The average Bonchev–Trinajstić information content (AvgIpc) is 2.29. The second-order valence-electron chi connectivity index (χ2n) is 8.12. The predicted octanol–water partition coefficient (Wildman–Crippen LogP) is 4.77. The topological polar surface area (TPSA) is 12.0 Å². The summed E-state index contributed by atoms with van der Waals surface area (Å²) in [5.74, 6) is 0. The summed E-state index contributed by atoms with van der Waals surface area (Å²) < 4.78 is 0. The fraction of sp³-hybridized carbons (Fsp3) is 0.882. The molecule has 20 heavy (non-hydrogen) atoms. The Morgan fingerprint density at radius 1 is 1.05 bits per heavy atom. The van der Waals surface area contributed by atoms with Crippen molar-refractivity contribution < 1.29 is 0 Å². The zero-order valence-electron chi connectivity index (χ0n) is 15.2. The van der Waals surface area contributed by atoms with Crippen LogP contribution in [0.4, 0.5) is 0 Å². The van der Waals surface area contributed by atoms with Gasteiger partial charge in [0.15, 0.2) is 0 Å². The van der Waals surface area contributed by atoms with E-state index in [-0.39, 0.29) is 9.52 Å². The third-order valence-electron chi connectivity index (χ3n) is 4.80. The molecule has 0 aromatic carbocycles. The SMILES string of the molecule is CC(C)=C[SiH2]CCCNCCCC[Si](C)(C)C(C)(C)C. The van der Waals surface area contributed by atoms with Crippen molar-refractivity contribution in [2.75, 3.05) is 13.1 Å². The van der Waals surface area contributed by atoms with Crippen molar-refractivity contribution in [3.63, 3.8) is 0 Å². The van der Waals surface area contributed by atoms with Crippen molar-refractivity contribution in [2.24, 2.45) is 0 Å². The monoisotopic (exact) mass is 313 g/mol. The fourth-order valence-corrected chi connectivity index (χ4v) is 5.31. The maximum atomic E-state index is 3.62. The molecule has 3 heteroatoms. The first kappa shape index (κ1) is 20.1. The van der Waals surface area contributed by atoms with Crippen LogP contribution in [0, 0.1) is 0 Å². The van der Waals surface area contributed by atoms with Gasteiger partial charge in [0.2, 0.25) is 0 Å². The van der Waals surface area contributed by atoms with Crippen LogP contribution < -0.4 is 5.32 Å². The Hall–Kier alpha value is 0.134. The van der Waals surface area contributed by atoms with E-state index in [4.69, 9.17) is 0 Å². The van der Waals surface area contributed by atoms with Crippen molar-refractivity contribution in [3.8, 4) is 0 Å². The minimum absolute atomic E-state index is 0.0890. The van der Waals surface area contributed by atoms with E-state index in [0.29, 0.717) is 5.04 Å². The highest BCUT2D eigenvalue weighted by atomic mass is 28.3. The lowest BCUT2D eigenvalue weighted by Gasteiger charge is -2.37. The van der Waals surface area contributed by atoms with E-state index < -0.39 is 8.07 Å². The number of hydrogen-bond acceptors (Lipinski definition) is 1. The van der Waals surface area contributed by atoms with Crippen molar-refractivity contribution in [1.82, 2.24) is 5.32 Å². The van der Waals surface area contributed by atoms with E-state index in [0.717, 1.165) is 0 Å². The van der Waals surface area contributed by atoms with Crippen LogP contribution in [-0.2, 0) is 0 Å². The van der Waals surface area contributed by atoms with Crippen LogP contribution in [0.25, 0.3) is 0 Å². The van der Waals surface area contributed by atoms with Crippen LogP contribution in [0.2, 0.25) is 30.2 Å². The Morgan fingerprint density at radius 3 is 2.20 bits per heavy atom. The Balaban J connectivity index is 3.44. The second kappa shape index (κ2) is 9.96. The van der Waals surface area contributed by atoms with Gasteiger partial charge in [-0.25, -0.2) is 0 Å². The minimum atomic E-state index is -1.03. The Bertz CT molecular complexity index is 273. The van der Waals surface area contributed by atoms with Crippen molar-refractivity contribution >= 4 is 17.6 Å². The lowest BCUT2D eigenvalue weighted by molar-refractivity contribution is 0.623. The maximum absolute atomic E-state index is 3.62. The van der Waals surface area contributed by atoms with E-state index in [9.17, 15) is 0 Å². The normalized spacial score (nSPS) is 13.2. The molecule has 0 bridgehead atoms. The Kier molecular flexibility index (Phi) is 10.0. The van der Waals surface area contributed by atoms with Crippen molar-refractivity contribution in [1.29, 1.82) is 0 Å². The van der Waals surface area contributed by atoms with Gasteiger partial charge in [-0.2, -0.15) is 0 Å². The summed E-state index contributed by atoms with van der Waals surface area (Å²) in [6.45, 7) is 19.3. The molecule has 0 aliphatic heterocycles. The standard InChI is InChI=1S/C17H39NSi2/c1-16(2)15-19-13-10-12-18-11-8-9-14-20(6,7)17(3,4)5/h15,18H,8-14,19H2,1-7H3. The summed E-state index contributed by atoms with van der Waals surface area (Å²) in [7, 11) is -0.941. The molecule has 0 amide bonds. The summed E-state index contributed by atoms with van der Waals surface area (Å²) >= 11 is 0. The molecule has 0 radical (unpaired) electrons. The van der Waals surface area contributed by atoms with Gasteiger partial charge in [0.05, 0.1) is 8.07 Å². The van der Waals surface area contributed by atoms with Gasteiger partial charge >= 0.3 is 0 Å². The number of rotatable bonds is 10. The highest BCUT2D eigenvalue weighted by molar-refractivity contribution is 6.80. The predicted molar refractivity (Wildman–Crippen MR) is 102 cm³/mol. The maximum Gasteiger partial charge on any atom is 0.0527 e. The molecule has 1 N–H and O–H groups in total. The molecule has 0 saturated heterocycles. The number of nitrogens with one attached hydrogen (secondary N) is 1. The quantitative estimate of drug-likeness (QED) is 0.453. The van der Waals surface area contributed by atoms with E-state index >= 15 is 0 Å². The number of hydrogen-bond donors (Lipinski definition) is 1. The summed E-state index contributed by atoms with van der Waals surface area (Å²) in [5, 5.41) is 4.17. The zero-order chi connectivity index (χ0) is 15.6. The van der Waals surface area contributed by atoms with E-state index in [1.165, 1.54) is 50.0 Å². The van der Waals surface area contributed by atoms with Gasteiger partial charge in [-0.05, 0) is 44.8 Å². The van der Waals surface area contributed by atoms with Crippen LogP contribution in [0.1, 0.15) is 53.9 Å². The first-order valence-electron chi connectivity index (χ1n) is 8.51. The second-order valence-corrected chi connectivity index (χ2v) is 15.6. The Morgan fingerprint density at radius 2 is 1.65 bits per heavy atom. The van der Waals surface area contributed by atoms with Gasteiger partial charge in [-0.3, -0.25) is 0 Å². The van der Waals surface area contributed by atoms with Gasteiger partial charge in [-0.1, -0.05) is 57.9 Å². The molecule has 0 atom stereocenters. The van der Waals surface area contributed by atoms with Gasteiger partial charge < -0.3 is 5.32 Å². The van der Waals surface area contributed by atoms with Crippen LogP contribution in [-0.4, -0.2) is 30.7 Å². The molecule has 0 unspecified atom stereocenters. The molecular formula is C17H39NSi2. The van der Waals surface area contributed by atoms with Gasteiger partial charge in [0, 0.05) is 9.52 Å². The molecule has 1 nitrogen and oxygen atoms in total. The molecule has 0 rings (SSSR count). The molecule has 0 aromatic rings. The largest absolute Gasteiger partial charge is 0.317 e. The van der Waals surface area contributed by atoms with Gasteiger partial charge in [0.1, 0.15) is 0 Å². The van der Waals surface area contributed by atoms with Gasteiger partial charge in [-0.15, -0.1) is 5.70 Å². The molecule has 0 aromatic heterocycles. The van der Waals surface area contributed by atoms with Crippen molar-refractivity contribution in [2.45, 2.75) is 84.1 Å². The van der Waals surface area contributed by atoms with Crippen LogP contribution in [0.3, 0.4) is 0 Å². The Labute approximate surface area is 131 Å². The van der Waals surface area contributed by atoms with Crippen LogP contribution in [0.5, 0.6) is 0 Å². The highest BCUT2D eigenvalue weighted by Gasteiger charge is 2.33. The first-order valence-corrected chi connectivity index (χ1v) is 13.5. The lowest BCUT2D eigenvalue weighted by atomic mass is 10.2. The van der Waals surface area contributed by atoms with Crippen LogP contribution >= 0.6 is 0 Å². The minimum Gasteiger partial charge on any atom is -0.317 e. The molecular weight excluding hydrogens is 274 g/mol. The van der Waals surface area contributed by atoms with E-state index in [2.05, 4.69) is 58.7 Å². The van der Waals surface area contributed by atoms with Crippen LogP contribution in [0.15, 0.2) is 11.3 Å². The summed E-state index contributed by atoms with van der Waals surface area (Å²) in [4.78, 5) is 0. The molecule has 0 spiro atoms. The smallest absolute Gasteiger partial charge is 0.0527 e. The molecule has 0 aliphatic carbocycles. The third kappa shape index (κ3) is 9.95. The number of unbranched alkanes of at least 4 members (excludes halogenated alkanes) is 1. The first-order chi connectivity index (χ1) is 9.17. The molecule has 0 fully saturated rings. The summed E-state index contributed by atoms with van der Waals surface area (Å²) in [5.41, 5.74) is 3.99. The highest BCUT2D eigenvalue weighted by Crippen LogP contribution is 2.39. The van der Waals surface area contributed by atoms with E-state index in [1.807, 2.05) is 0 Å². The lowest BCUT2D eigenvalue weighted by Crippen LogP contribution is -2.36. The molecule has 0 aliphatic rings. The number of allylic oxidation sites excluding steroid dienone is 1. The summed E-state index contributed by atoms with van der Waals surface area (Å²) in [6.07, 6.45) is 4.14. The summed E-state index contributed by atoms with van der Waals surface area (Å²) in [6, 6.07) is 2.94. The van der Waals surface area contributed by atoms with Crippen molar-refractivity contribution in [3.05, 3.63) is 11.3 Å². The average molecular weight is 314 g/mol. The zero-order valence-corrected chi connectivity index (χ0v) is 17.6. The molecule has 0 heterocycles.